The van der Waals surface area contributed by atoms with Gasteiger partial charge in [0.2, 0.25) is 5.91 Å². The summed E-state index contributed by atoms with van der Waals surface area (Å²) in [5.74, 6) is 1.20. The summed E-state index contributed by atoms with van der Waals surface area (Å²) in [6.45, 7) is 6.58. The van der Waals surface area contributed by atoms with Crippen LogP contribution in [0.15, 0.2) is 30.3 Å². The number of nitrogens with one attached hydrogen (secondary N) is 1. The van der Waals surface area contributed by atoms with Gasteiger partial charge in [-0.05, 0) is 50.3 Å². The number of aryl methyl sites for hydroxylation is 1. The average molecular weight is 302 g/mol. The van der Waals surface area contributed by atoms with E-state index in [4.69, 9.17) is 0 Å². The lowest BCUT2D eigenvalue weighted by atomic mass is 9.93. The Bertz CT molecular complexity index is 460. The molecule has 3 atom stereocenters. The molecule has 0 unspecified atom stereocenters. The highest BCUT2D eigenvalue weighted by Crippen LogP contribution is 2.17. The second-order valence-corrected chi connectivity index (χ2v) is 7.04. The zero-order chi connectivity index (χ0) is 15.9. The highest BCUT2D eigenvalue weighted by molar-refractivity contribution is 5.76. The lowest BCUT2D eigenvalue weighted by molar-refractivity contribution is -0.123. The van der Waals surface area contributed by atoms with E-state index < -0.39 is 0 Å². The largest absolute Gasteiger partial charge is 0.353 e. The summed E-state index contributed by atoms with van der Waals surface area (Å²) in [6.07, 6.45) is 3.84. The van der Waals surface area contributed by atoms with Gasteiger partial charge in [-0.15, -0.1) is 0 Å². The fraction of sp³-hybridized carbons (Fsp3) is 0.632. The number of likely N-dealkylation sites (tertiary alicyclic amines) is 1. The molecule has 1 aliphatic rings. The molecule has 3 nitrogen and oxygen atoms in total. The van der Waals surface area contributed by atoms with E-state index in [-0.39, 0.29) is 5.91 Å². The lowest BCUT2D eigenvalue weighted by Gasteiger charge is -2.35. The van der Waals surface area contributed by atoms with E-state index in [1.807, 2.05) is 6.07 Å². The normalized spacial score (nSPS) is 24.0. The molecule has 0 spiro atoms. The summed E-state index contributed by atoms with van der Waals surface area (Å²) in [6, 6.07) is 10.9. The minimum Gasteiger partial charge on any atom is -0.353 e. The maximum atomic E-state index is 12.2. The van der Waals surface area contributed by atoms with Crippen molar-refractivity contribution in [3.05, 3.63) is 35.9 Å². The Kier molecular flexibility index (Phi) is 6.44. The molecule has 22 heavy (non-hydrogen) atoms. The molecule has 3 heteroatoms. The number of benzene rings is 1. The van der Waals surface area contributed by atoms with Crippen LogP contribution in [0.1, 0.15) is 38.7 Å². The number of nitrogens with zero attached hydrogens (tertiary/aromatic N) is 1. The molecule has 122 valence electrons. The summed E-state index contributed by atoms with van der Waals surface area (Å²) < 4.78 is 0. The summed E-state index contributed by atoms with van der Waals surface area (Å²) >= 11 is 0. The minimum atomic E-state index is 0.224. The first-order chi connectivity index (χ1) is 10.5. The fourth-order valence-corrected chi connectivity index (χ4v) is 3.31. The molecular formula is C19H30N2O. The molecule has 1 fully saturated rings. The molecule has 1 N–H and O–H groups in total. The monoisotopic (exact) mass is 302 g/mol. The molecule has 1 heterocycles. The molecule has 0 saturated carbocycles. The van der Waals surface area contributed by atoms with Crippen LogP contribution >= 0.6 is 0 Å². The average Bonchev–Trinajstić information content (AvgIpc) is 2.49. The molecule has 1 aromatic rings. The van der Waals surface area contributed by atoms with Gasteiger partial charge in [0.05, 0.1) is 0 Å². The van der Waals surface area contributed by atoms with Crippen LogP contribution in [0.2, 0.25) is 0 Å². The third-order valence-corrected chi connectivity index (χ3v) is 4.76. The van der Waals surface area contributed by atoms with Crippen molar-refractivity contribution in [2.75, 3.05) is 20.1 Å². The number of hydrogen-bond donors (Lipinski definition) is 1. The van der Waals surface area contributed by atoms with Gasteiger partial charge in [0.25, 0.3) is 0 Å². The maximum Gasteiger partial charge on any atom is 0.220 e. The van der Waals surface area contributed by atoms with Crippen molar-refractivity contribution < 1.29 is 4.79 Å². The molecule has 0 aromatic heterocycles. The third kappa shape index (κ3) is 5.45. The van der Waals surface area contributed by atoms with E-state index in [0.29, 0.717) is 24.3 Å². The minimum absolute atomic E-state index is 0.224. The van der Waals surface area contributed by atoms with Crippen molar-refractivity contribution in [2.45, 2.75) is 45.6 Å². The van der Waals surface area contributed by atoms with E-state index in [9.17, 15) is 4.79 Å². The Hall–Kier alpha value is -1.35. The fourth-order valence-electron chi connectivity index (χ4n) is 3.31. The van der Waals surface area contributed by atoms with E-state index in [1.54, 1.807) is 0 Å². The summed E-state index contributed by atoms with van der Waals surface area (Å²) in [5.41, 5.74) is 1.36. The second-order valence-electron chi connectivity index (χ2n) is 7.04. The van der Waals surface area contributed by atoms with Crippen molar-refractivity contribution in [1.82, 2.24) is 10.2 Å². The van der Waals surface area contributed by atoms with Crippen LogP contribution in [0.25, 0.3) is 0 Å². The van der Waals surface area contributed by atoms with Gasteiger partial charge in [0.15, 0.2) is 0 Å². The number of rotatable bonds is 6. The lowest BCUT2D eigenvalue weighted by Crippen LogP contribution is -2.49. The predicted molar refractivity (Wildman–Crippen MR) is 91.8 cm³/mol. The van der Waals surface area contributed by atoms with Gasteiger partial charge in [-0.3, -0.25) is 4.79 Å². The Morgan fingerprint density at radius 3 is 2.77 bits per heavy atom. The maximum absolute atomic E-state index is 12.2. The van der Waals surface area contributed by atoms with E-state index in [2.05, 4.69) is 55.4 Å². The highest BCUT2D eigenvalue weighted by atomic mass is 16.1. The van der Waals surface area contributed by atoms with Crippen LogP contribution < -0.4 is 5.32 Å². The van der Waals surface area contributed by atoms with Crippen LogP contribution in [0, 0.1) is 11.8 Å². The summed E-state index contributed by atoms with van der Waals surface area (Å²) in [5, 5.41) is 3.25. The number of carbonyl (C=O) groups excluding carboxylic acids is 1. The molecule has 1 aromatic carbocycles. The Morgan fingerprint density at radius 2 is 2.09 bits per heavy atom. The topological polar surface area (TPSA) is 32.3 Å². The summed E-state index contributed by atoms with van der Waals surface area (Å²) in [4.78, 5) is 14.6. The predicted octanol–water partition coefficient (Wildman–Crippen LogP) is 3.10. The smallest absolute Gasteiger partial charge is 0.220 e. The number of hydrogen-bond acceptors (Lipinski definition) is 2. The second kappa shape index (κ2) is 8.33. The van der Waals surface area contributed by atoms with Crippen molar-refractivity contribution in [3.8, 4) is 0 Å². The van der Waals surface area contributed by atoms with Crippen molar-refractivity contribution >= 4 is 5.91 Å². The van der Waals surface area contributed by atoms with Crippen molar-refractivity contribution in [2.24, 2.45) is 11.8 Å². The first-order valence-corrected chi connectivity index (χ1v) is 8.56. The zero-order valence-electron chi connectivity index (χ0n) is 14.2. The van der Waals surface area contributed by atoms with Crippen LogP contribution in [-0.4, -0.2) is 37.0 Å². The van der Waals surface area contributed by atoms with Crippen molar-refractivity contribution in [3.63, 3.8) is 0 Å². The summed E-state index contributed by atoms with van der Waals surface area (Å²) in [7, 11) is 2.15. The standard InChI is InChI=1S/C19H30N2O/c1-15(9-10-17-7-5-4-6-8-17)13-19(22)20-18-11-12-21(3)14-16(18)2/h4-8,15-16,18H,9-14H2,1-3H3,(H,20,22)/t15-,16-,18+/m1/s1. The van der Waals surface area contributed by atoms with Crippen LogP contribution in [0.4, 0.5) is 0 Å². The van der Waals surface area contributed by atoms with Gasteiger partial charge in [-0.25, -0.2) is 0 Å². The molecule has 1 aliphatic heterocycles. The molecule has 0 aliphatic carbocycles. The van der Waals surface area contributed by atoms with Gasteiger partial charge in [0.1, 0.15) is 0 Å². The van der Waals surface area contributed by atoms with Gasteiger partial charge in [-0.1, -0.05) is 44.2 Å². The SMILES string of the molecule is C[C@H](CCc1ccccc1)CC(=O)N[C@H]1CCN(C)C[C@H]1C. The molecule has 2 rings (SSSR count). The van der Waals surface area contributed by atoms with Gasteiger partial charge in [0, 0.05) is 19.0 Å². The molecule has 1 saturated heterocycles. The Morgan fingerprint density at radius 1 is 1.36 bits per heavy atom. The van der Waals surface area contributed by atoms with E-state index in [1.165, 1.54) is 5.56 Å². The van der Waals surface area contributed by atoms with E-state index >= 15 is 0 Å². The first kappa shape index (κ1) is 17.0. The number of piperidine rings is 1. The molecule has 0 radical (unpaired) electrons. The molecule has 0 bridgehead atoms. The number of carbonyl (C=O) groups is 1. The van der Waals surface area contributed by atoms with Crippen LogP contribution in [0.5, 0.6) is 0 Å². The molecular weight excluding hydrogens is 272 g/mol. The van der Waals surface area contributed by atoms with Crippen LogP contribution in [0.3, 0.4) is 0 Å². The van der Waals surface area contributed by atoms with Crippen molar-refractivity contribution in [1.29, 1.82) is 0 Å². The quantitative estimate of drug-likeness (QED) is 0.876. The van der Waals surface area contributed by atoms with E-state index in [0.717, 1.165) is 32.4 Å². The zero-order valence-corrected chi connectivity index (χ0v) is 14.2. The third-order valence-electron chi connectivity index (χ3n) is 4.76. The first-order valence-electron chi connectivity index (χ1n) is 8.56. The Balaban J connectivity index is 1.70. The molecule has 1 amide bonds. The van der Waals surface area contributed by atoms with Gasteiger partial charge >= 0.3 is 0 Å². The Labute approximate surface area is 135 Å². The van der Waals surface area contributed by atoms with Crippen LogP contribution in [-0.2, 0) is 11.2 Å². The van der Waals surface area contributed by atoms with Gasteiger partial charge < -0.3 is 10.2 Å². The highest BCUT2D eigenvalue weighted by Gasteiger charge is 2.25. The number of amides is 1. The van der Waals surface area contributed by atoms with Gasteiger partial charge in [-0.2, -0.15) is 0 Å².